The Hall–Kier alpha value is -1.81. The molecule has 0 atom stereocenters. The third-order valence-corrected chi connectivity index (χ3v) is 3.23. The number of nitrogens with one attached hydrogen (secondary N) is 1. The Morgan fingerprint density at radius 3 is 2.84 bits per heavy atom. The van der Waals surface area contributed by atoms with Gasteiger partial charge in [0.15, 0.2) is 11.6 Å². The third kappa shape index (κ3) is 2.79. The molecule has 0 amide bonds. The maximum atomic E-state index is 13.7. The van der Waals surface area contributed by atoms with Crippen LogP contribution >= 0.6 is 0 Å². The normalized spacial score (nSPS) is 14.6. The second-order valence-corrected chi connectivity index (χ2v) is 4.84. The second kappa shape index (κ2) is 5.05. The van der Waals surface area contributed by atoms with Crippen molar-refractivity contribution in [2.24, 2.45) is 0 Å². The summed E-state index contributed by atoms with van der Waals surface area (Å²) in [4.78, 5) is 4.10. The number of hydrogen-bond acceptors (Lipinski definition) is 2. The smallest absolute Gasteiger partial charge is 0.166 e. The Kier molecular flexibility index (Phi) is 3.25. The lowest BCUT2D eigenvalue weighted by atomic mass is 10.1. The molecular formula is C15H14F2N2. The number of aromatic nitrogens is 1. The maximum absolute atomic E-state index is 13.7. The fourth-order valence-electron chi connectivity index (χ4n) is 2.01. The molecule has 0 bridgehead atoms. The van der Waals surface area contributed by atoms with E-state index in [0.29, 0.717) is 18.2 Å². The van der Waals surface area contributed by atoms with E-state index < -0.39 is 11.6 Å². The fraction of sp³-hybridized carbons (Fsp3) is 0.267. The number of nitrogens with zero attached hydrogens (tertiary/aromatic N) is 1. The summed E-state index contributed by atoms with van der Waals surface area (Å²) < 4.78 is 26.9. The molecule has 1 aliphatic rings. The van der Waals surface area contributed by atoms with Gasteiger partial charge < -0.3 is 5.32 Å². The van der Waals surface area contributed by atoms with Gasteiger partial charge in [0.05, 0.1) is 0 Å². The van der Waals surface area contributed by atoms with Crippen molar-refractivity contribution >= 4 is 0 Å². The Balaban J connectivity index is 1.86. The van der Waals surface area contributed by atoms with Crippen LogP contribution in [0.15, 0.2) is 36.7 Å². The summed E-state index contributed by atoms with van der Waals surface area (Å²) in [7, 11) is 0. The molecule has 1 heterocycles. The van der Waals surface area contributed by atoms with E-state index >= 15 is 0 Å². The standard InChI is InChI=1S/C15H14F2N2/c16-14-3-1-2-13(15(14)17)11-6-10(7-18-9-11)8-19-12-4-5-12/h1-3,6-7,9,12,19H,4-5,8H2. The number of halogens is 2. The van der Waals surface area contributed by atoms with Crippen molar-refractivity contribution in [2.75, 3.05) is 0 Å². The first-order chi connectivity index (χ1) is 9.24. The fourth-order valence-corrected chi connectivity index (χ4v) is 2.01. The Bertz CT molecular complexity index is 594. The quantitative estimate of drug-likeness (QED) is 0.912. The first-order valence-electron chi connectivity index (χ1n) is 6.36. The highest BCUT2D eigenvalue weighted by Crippen LogP contribution is 2.25. The lowest BCUT2D eigenvalue weighted by molar-refractivity contribution is 0.511. The van der Waals surface area contributed by atoms with Gasteiger partial charge in [-0.25, -0.2) is 8.78 Å². The number of rotatable bonds is 4. The van der Waals surface area contributed by atoms with Crippen molar-refractivity contribution in [2.45, 2.75) is 25.4 Å². The van der Waals surface area contributed by atoms with E-state index in [1.165, 1.54) is 18.9 Å². The van der Waals surface area contributed by atoms with Crippen LogP contribution in [0.2, 0.25) is 0 Å². The molecule has 0 aliphatic heterocycles. The van der Waals surface area contributed by atoms with E-state index in [2.05, 4.69) is 10.3 Å². The minimum atomic E-state index is -0.834. The van der Waals surface area contributed by atoms with Crippen LogP contribution in [0.25, 0.3) is 11.1 Å². The van der Waals surface area contributed by atoms with E-state index in [4.69, 9.17) is 0 Å². The van der Waals surface area contributed by atoms with Crippen LogP contribution in [0, 0.1) is 11.6 Å². The minimum absolute atomic E-state index is 0.251. The van der Waals surface area contributed by atoms with Crippen LogP contribution in [0.4, 0.5) is 8.78 Å². The molecule has 19 heavy (non-hydrogen) atoms. The van der Waals surface area contributed by atoms with E-state index in [0.717, 1.165) is 11.6 Å². The molecule has 2 nitrogen and oxygen atoms in total. The van der Waals surface area contributed by atoms with E-state index in [1.54, 1.807) is 18.5 Å². The second-order valence-electron chi connectivity index (χ2n) is 4.84. The Morgan fingerprint density at radius 2 is 2.05 bits per heavy atom. The topological polar surface area (TPSA) is 24.9 Å². The summed E-state index contributed by atoms with van der Waals surface area (Å²) in [5.74, 6) is -1.66. The van der Waals surface area contributed by atoms with Gasteiger partial charge in [0.1, 0.15) is 0 Å². The first kappa shape index (κ1) is 12.2. The van der Waals surface area contributed by atoms with Crippen LogP contribution in [-0.2, 0) is 6.54 Å². The average Bonchev–Trinajstić information content (AvgIpc) is 3.24. The highest BCUT2D eigenvalue weighted by Gasteiger charge is 2.20. The summed E-state index contributed by atoms with van der Waals surface area (Å²) in [6.07, 6.45) is 5.73. The summed E-state index contributed by atoms with van der Waals surface area (Å²) >= 11 is 0. The van der Waals surface area contributed by atoms with E-state index in [9.17, 15) is 8.78 Å². The van der Waals surface area contributed by atoms with Crippen molar-refractivity contribution in [1.29, 1.82) is 0 Å². The molecule has 1 aromatic carbocycles. The van der Waals surface area contributed by atoms with Crippen molar-refractivity contribution < 1.29 is 8.78 Å². The van der Waals surface area contributed by atoms with Gasteiger partial charge in [-0.3, -0.25) is 4.98 Å². The van der Waals surface area contributed by atoms with Crippen molar-refractivity contribution in [3.63, 3.8) is 0 Å². The Labute approximate surface area is 110 Å². The molecule has 0 saturated heterocycles. The molecule has 4 heteroatoms. The van der Waals surface area contributed by atoms with Gasteiger partial charge in [0.2, 0.25) is 0 Å². The monoisotopic (exact) mass is 260 g/mol. The maximum Gasteiger partial charge on any atom is 0.166 e. The average molecular weight is 260 g/mol. The largest absolute Gasteiger partial charge is 0.310 e. The van der Waals surface area contributed by atoms with Crippen LogP contribution in [0.5, 0.6) is 0 Å². The van der Waals surface area contributed by atoms with Gasteiger partial charge in [-0.15, -0.1) is 0 Å². The zero-order chi connectivity index (χ0) is 13.2. The number of benzene rings is 1. The number of pyridine rings is 1. The van der Waals surface area contributed by atoms with Crippen LogP contribution in [-0.4, -0.2) is 11.0 Å². The molecule has 1 saturated carbocycles. The summed E-state index contributed by atoms with van der Waals surface area (Å²) in [5, 5.41) is 3.37. The lowest BCUT2D eigenvalue weighted by Crippen LogP contribution is -2.15. The molecular weight excluding hydrogens is 246 g/mol. The van der Waals surface area contributed by atoms with Crippen LogP contribution in [0.3, 0.4) is 0 Å². The molecule has 1 aliphatic carbocycles. The summed E-state index contributed by atoms with van der Waals surface area (Å²) in [5.41, 5.74) is 1.83. The molecule has 1 aromatic heterocycles. The highest BCUT2D eigenvalue weighted by atomic mass is 19.2. The van der Waals surface area contributed by atoms with Crippen LogP contribution in [0.1, 0.15) is 18.4 Å². The highest BCUT2D eigenvalue weighted by molar-refractivity contribution is 5.63. The van der Waals surface area contributed by atoms with Crippen molar-refractivity contribution in [1.82, 2.24) is 10.3 Å². The molecule has 0 radical (unpaired) electrons. The SMILES string of the molecule is Fc1cccc(-c2cncc(CNC3CC3)c2)c1F. The molecule has 1 N–H and O–H groups in total. The zero-order valence-corrected chi connectivity index (χ0v) is 10.4. The minimum Gasteiger partial charge on any atom is -0.310 e. The molecule has 3 rings (SSSR count). The number of hydrogen-bond donors (Lipinski definition) is 1. The van der Waals surface area contributed by atoms with Gasteiger partial charge in [0.25, 0.3) is 0 Å². The summed E-state index contributed by atoms with van der Waals surface area (Å²) in [6, 6.07) is 6.64. The van der Waals surface area contributed by atoms with Gasteiger partial charge in [0, 0.05) is 36.1 Å². The molecule has 0 unspecified atom stereocenters. The molecule has 0 spiro atoms. The van der Waals surface area contributed by atoms with E-state index in [-0.39, 0.29) is 5.56 Å². The zero-order valence-electron chi connectivity index (χ0n) is 10.4. The van der Waals surface area contributed by atoms with Crippen LogP contribution < -0.4 is 5.32 Å². The predicted molar refractivity (Wildman–Crippen MR) is 69.5 cm³/mol. The molecule has 1 fully saturated rings. The molecule has 2 aromatic rings. The first-order valence-corrected chi connectivity index (χ1v) is 6.36. The van der Waals surface area contributed by atoms with Gasteiger partial charge >= 0.3 is 0 Å². The van der Waals surface area contributed by atoms with Gasteiger partial charge in [-0.05, 0) is 30.5 Å². The lowest BCUT2D eigenvalue weighted by Gasteiger charge is -2.07. The third-order valence-electron chi connectivity index (χ3n) is 3.23. The van der Waals surface area contributed by atoms with Crippen molar-refractivity contribution in [3.8, 4) is 11.1 Å². The Morgan fingerprint density at radius 1 is 1.21 bits per heavy atom. The van der Waals surface area contributed by atoms with Gasteiger partial charge in [-0.2, -0.15) is 0 Å². The van der Waals surface area contributed by atoms with E-state index in [1.807, 2.05) is 6.07 Å². The van der Waals surface area contributed by atoms with Crippen molar-refractivity contribution in [3.05, 3.63) is 53.9 Å². The summed E-state index contributed by atoms with van der Waals surface area (Å²) in [6.45, 7) is 0.711. The predicted octanol–water partition coefficient (Wildman–Crippen LogP) is 3.28. The van der Waals surface area contributed by atoms with Gasteiger partial charge in [-0.1, -0.05) is 12.1 Å². The molecule has 98 valence electrons.